The molecule has 186 valence electrons. The van der Waals surface area contributed by atoms with E-state index >= 15 is 0 Å². The summed E-state index contributed by atoms with van der Waals surface area (Å²) in [6, 6.07) is 11.0. The van der Waals surface area contributed by atoms with Crippen LogP contribution in [-0.4, -0.2) is 10.1 Å². The number of aliphatic hydroxyl groups is 1. The fourth-order valence-electron chi connectivity index (χ4n) is 6.79. The zero-order chi connectivity index (χ0) is 25.2. The van der Waals surface area contributed by atoms with Crippen molar-refractivity contribution < 1.29 is 9.84 Å². The van der Waals surface area contributed by atoms with Crippen molar-refractivity contribution in [1.29, 1.82) is 5.26 Å². The summed E-state index contributed by atoms with van der Waals surface area (Å²) in [7, 11) is 0. The molecule has 1 aromatic carbocycles. The summed E-state index contributed by atoms with van der Waals surface area (Å²) in [4.78, 5) is 5.26. The van der Waals surface area contributed by atoms with Crippen LogP contribution in [0.3, 0.4) is 0 Å². The van der Waals surface area contributed by atoms with Gasteiger partial charge in [-0.25, -0.2) is 0 Å². The van der Waals surface area contributed by atoms with E-state index in [0.717, 1.165) is 73.0 Å². The molecule has 2 aromatic rings. The highest BCUT2D eigenvalue weighted by atomic mass is 16.5. The quantitative estimate of drug-likeness (QED) is 0.507. The first-order valence-corrected chi connectivity index (χ1v) is 13.5. The Hall–Kier alpha value is -2.22. The van der Waals surface area contributed by atoms with Crippen molar-refractivity contribution in [3.05, 3.63) is 63.5 Å². The molecule has 35 heavy (non-hydrogen) atoms. The van der Waals surface area contributed by atoms with Crippen molar-refractivity contribution in [3.63, 3.8) is 0 Å². The second kappa shape index (κ2) is 8.43. The molecule has 3 aliphatic rings. The minimum Gasteiger partial charge on any atom is -0.388 e. The molecule has 0 amide bonds. The molecule has 3 atom stereocenters. The normalized spacial score (nSPS) is 25.8. The minimum atomic E-state index is -0.501. The number of aromatic nitrogens is 1. The van der Waals surface area contributed by atoms with Gasteiger partial charge in [-0.15, -0.1) is 0 Å². The van der Waals surface area contributed by atoms with Gasteiger partial charge in [-0.3, -0.25) is 4.98 Å². The van der Waals surface area contributed by atoms with Crippen LogP contribution in [0.15, 0.2) is 24.3 Å². The molecule has 4 nitrogen and oxygen atoms in total. The van der Waals surface area contributed by atoms with Gasteiger partial charge in [0, 0.05) is 22.5 Å². The number of nitriles is 1. The van der Waals surface area contributed by atoms with E-state index in [-0.39, 0.29) is 23.0 Å². The smallest absolute Gasteiger partial charge is 0.111 e. The van der Waals surface area contributed by atoms with E-state index < -0.39 is 11.5 Å². The molecule has 1 N–H and O–H groups in total. The van der Waals surface area contributed by atoms with E-state index in [9.17, 15) is 10.4 Å². The number of ether oxygens (including phenoxy) is 1. The Kier molecular flexibility index (Phi) is 5.89. The Labute approximate surface area is 210 Å². The maximum atomic E-state index is 11.4. The van der Waals surface area contributed by atoms with Gasteiger partial charge in [0.25, 0.3) is 0 Å². The highest BCUT2D eigenvalue weighted by Gasteiger charge is 2.52. The van der Waals surface area contributed by atoms with Gasteiger partial charge in [-0.2, -0.15) is 5.26 Å². The van der Waals surface area contributed by atoms with Gasteiger partial charge in [0.15, 0.2) is 0 Å². The van der Waals surface area contributed by atoms with Crippen LogP contribution < -0.4 is 0 Å². The van der Waals surface area contributed by atoms with Crippen LogP contribution in [-0.2, 0) is 22.2 Å². The van der Waals surface area contributed by atoms with E-state index in [2.05, 4.69) is 65.0 Å². The third-order valence-corrected chi connectivity index (χ3v) is 8.93. The number of hydrogen-bond acceptors (Lipinski definition) is 4. The summed E-state index contributed by atoms with van der Waals surface area (Å²) < 4.78 is 7.09. The lowest BCUT2D eigenvalue weighted by Gasteiger charge is -2.38. The van der Waals surface area contributed by atoms with Crippen LogP contribution >= 0.6 is 0 Å². The third kappa shape index (κ3) is 3.83. The summed E-state index contributed by atoms with van der Waals surface area (Å²) in [5.41, 5.74) is 7.10. The van der Waals surface area contributed by atoms with Gasteiger partial charge in [0.2, 0.25) is 0 Å². The number of benzene rings is 1. The number of nitrogens with zero attached hydrogens (tertiary/aromatic N) is 2. The molecule has 1 aliphatic heterocycles. The molecule has 1 spiro atoms. The Morgan fingerprint density at radius 2 is 1.83 bits per heavy atom. The first kappa shape index (κ1) is 24.5. The summed E-state index contributed by atoms with van der Waals surface area (Å²) in [6.45, 7) is 13.0. The van der Waals surface area contributed by atoms with Crippen molar-refractivity contribution in [1.82, 2.24) is 4.98 Å². The molecular formula is C31H40N2O2. The number of fused-ring (bicyclic) bond motifs is 4. The average Bonchev–Trinajstić information content (AvgIpc) is 3.42. The minimum absolute atomic E-state index is 0.0338. The molecule has 0 radical (unpaired) electrons. The van der Waals surface area contributed by atoms with Gasteiger partial charge in [0.05, 0.1) is 23.2 Å². The lowest BCUT2D eigenvalue weighted by molar-refractivity contribution is -0.0580. The zero-order valence-corrected chi connectivity index (χ0v) is 22.2. The van der Waals surface area contributed by atoms with Crippen LogP contribution in [0, 0.1) is 16.7 Å². The number of rotatable bonds is 4. The van der Waals surface area contributed by atoms with Gasteiger partial charge in [-0.05, 0) is 67.1 Å². The molecular weight excluding hydrogens is 432 g/mol. The maximum absolute atomic E-state index is 11.4. The fourth-order valence-corrected chi connectivity index (χ4v) is 6.79. The first-order valence-electron chi connectivity index (χ1n) is 13.5. The molecule has 1 fully saturated rings. The van der Waals surface area contributed by atoms with E-state index in [1.807, 2.05) is 6.92 Å². The number of aliphatic hydroxyl groups excluding tert-OH is 1. The Morgan fingerprint density at radius 1 is 1.17 bits per heavy atom. The third-order valence-electron chi connectivity index (χ3n) is 8.93. The summed E-state index contributed by atoms with van der Waals surface area (Å²) >= 11 is 0. The standard InChI is InChI=1S/C31H40N2O2/c1-7-30(6,18-32)21-12-10-20(11-13-21)28-25-26(31(35-28)14-8-9-15-31)24-22(33-27(25)19(2)3)16-29(4,5)17-23(24)34/h10-13,19,23,28,34H,7-9,14-17H2,1-6H3/t23-,28+,30?/m0/s1. The predicted molar refractivity (Wildman–Crippen MR) is 138 cm³/mol. The van der Waals surface area contributed by atoms with Gasteiger partial charge in [-0.1, -0.05) is 71.7 Å². The Morgan fingerprint density at radius 3 is 2.40 bits per heavy atom. The van der Waals surface area contributed by atoms with Crippen molar-refractivity contribution >= 4 is 0 Å². The molecule has 2 heterocycles. The topological polar surface area (TPSA) is 66.1 Å². The van der Waals surface area contributed by atoms with Crippen LogP contribution in [0.4, 0.5) is 0 Å². The SMILES string of the molecule is CCC(C)(C#N)c1ccc([C@H]2OC3(CCCC3)c3c2c(C(C)C)nc2c3[C@@H](O)CC(C)(C)C2)cc1. The van der Waals surface area contributed by atoms with Crippen molar-refractivity contribution in [2.75, 3.05) is 0 Å². The second-order valence-electron chi connectivity index (χ2n) is 12.5. The largest absolute Gasteiger partial charge is 0.388 e. The van der Waals surface area contributed by atoms with Crippen LogP contribution in [0.25, 0.3) is 0 Å². The highest BCUT2D eigenvalue weighted by Crippen LogP contribution is 2.59. The summed E-state index contributed by atoms with van der Waals surface area (Å²) in [5.74, 6) is 0.264. The summed E-state index contributed by atoms with van der Waals surface area (Å²) in [5, 5.41) is 21.2. The van der Waals surface area contributed by atoms with E-state index in [1.165, 1.54) is 11.1 Å². The lowest BCUT2D eigenvalue weighted by atomic mass is 9.70. The van der Waals surface area contributed by atoms with Crippen molar-refractivity contribution in [2.45, 2.75) is 116 Å². The molecule has 1 unspecified atom stereocenters. The number of hydrogen-bond donors (Lipinski definition) is 1. The monoisotopic (exact) mass is 472 g/mol. The average molecular weight is 473 g/mol. The second-order valence-corrected chi connectivity index (χ2v) is 12.5. The molecule has 4 heteroatoms. The number of pyridine rings is 1. The van der Waals surface area contributed by atoms with Gasteiger partial charge in [0.1, 0.15) is 6.10 Å². The Balaban J connectivity index is 1.70. The molecule has 0 saturated heterocycles. The first-order chi connectivity index (χ1) is 16.5. The molecule has 1 aromatic heterocycles. The van der Waals surface area contributed by atoms with Gasteiger partial charge < -0.3 is 9.84 Å². The Bertz CT molecular complexity index is 1170. The summed E-state index contributed by atoms with van der Waals surface area (Å²) in [6.07, 6.45) is 6.04. The molecule has 1 saturated carbocycles. The van der Waals surface area contributed by atoms with Crippen LogP contribution in [0.1, 0.15) is 137 Å². The fraction of sp³-hybridized carbons (Fsp3) is 0.613. The van der Waals surface area contributed by atoms with E-state index in [4.69, 9.17) is 9.72 Å². The molecule has 2 aliphatic carbocycles. The van der Waals surface area contributed by atoms with E-state index in [0.29, 0.717) is 0 Å². The lowest BCUT2D eigenvalue weighted by Crippen LogP contribution is -2.32. The highest BCUT2D eigenvalue weighted by molar-refractivity contribution is 5.54. The maximum Gasteiger partial charge on any atom is 0.111 e. The van der Waals surface area contributed by atoms with Crippen LogP contribution in [0.5, 0.6) is 0 Å². The molecule has 5 rings (SSSR count). The predicted octanol–water partition coefficient (Wildman–Crippen LogP) is 7.29. The van der Waals surface area contributed by atoms with Crippen LogP contribution in [0.2, 0.25) is 0 Å². The van der Waals surface area contributed by atoms with E-state index in [1.54, 1.807) is 0 Å². The van der Waals surface area contributed by atoms with Crippen molar-refractivity contribution in [3.8, 4) is 6.07 Å². The van der Waals surface area contributed by atoms with Gasteiger partial charge >= 0.3 is 0 Å². The van der Waals surface area contributed by atoms with Crippen molar-refractivity contribution in [2.24, 2.45) is 5.41 Å². The zero-order valence-electron chi connectivity index (χ0n) is 22.2. The molecule has 0 bridgehead atoms.